The van der Waals surface area contributed by atoms with Crippen molar-refractivity contribution < 1.29 is 4.79 Å². The van der Waals surface area contributed by atoms with Gasteiger partial charge in [0.2, 0.25) is 0 Å². The molecule has 0 unspecified atom stereocenters. The standard InChI is InChI=1S/C17H21N3O/c1-12-11-13(2)20(19-12)16(21)17(3)9-10-18-15(17)14-7-5-4-6-8-14/h4-8,11,15,18H,9-10H2,1-3H3/t15-,17+/m1/s1. The fourth-order valence-electron chi connectivity index (χ4n) is 3.28. The number of nitrogens with one attached hydrogen (secondary N) is 1. The largest absolute Gasteiger partial charge is 0.309 e. The summed E-state index contributed by atoms with van der Waals surface area (Å²) in [7, 11) is 0. The van der Waals surface area contributed by atoms with Gasteiger partial charge >= 0.3 is 0 Å². The van der Waals surface area contributed by atoms with Crippen LogP contribution in [-0.2, 0) is 0 Å². The van der Waals surface area contributed by atoms with Gasteiger partial charge in [0.05, 0.1) is 11.1 Å². The SMILES string of the molecule is Cc1cc(C)n(C(=O)[C@@]2(C)CCN[C@@H]2c2ccccc2)n1. The van der Waals surface area contributed by atoms with Crippen molar-refractivity contribution in [1.29, 1.82) is 0 Å². The van der Waals surface area contributed by atoms with Crippen LogP contribution in [0, 0.1) is 19.3 Å². The van der Waals surface area contributed by atoms with Gasteiger partial charge in [-0.3, -0.25) is 4.79 Å². The smallest absolute Gasteiger partial charge is 0.254 e. The minimum absolute atomic E-state index is 0.0371. The molecule has 2 aromatic rings. The van der Waals surface area contributed by atoms with Gasteiger partial charge in [0.25, 0.3) is 5.91 Å². The lowest BCUT2D eigenvalue weighted by Crippen LogP contribution is -2.38. The van der Waals surface area contributed by atoms with Crippen LogP contribution in [0.1, 0.15) is 41.1 Å². The van der Waals surface area contributed by atoms with Crippen molar-refractivity contribution in [1.82, 2.24) is 15.1 Å². The van der Waals surface area contributed by atoms with Crippen LogP contribution in [0.3, 0.4) is 0 Å². The second-order valence-electron chi connectivity index (χ2n) is 6.11. The Balaban J connectivity index is 1.99. The third-order valence-corrected chi connectivity index (χ3v) is 4.45. The van der Waals surface area contributed by atoms with Crippen molar-refractivity contribution in [2.24, 2.45) is 5.41 Å². The summed E-state index contributed by atoms with van der Waals surface area (Å²) in [5.41, 5.74) is 2.47. The second kappa shape index (κ2) is 5.11. The monoisotopic (exact) mass is 283 g/mol. The van der Waals surface area contributed by atoms with Gasteiger partial charge in [0.1, 0.15) is 0 Å². The van der Waals surface area contributed by atoms with Crippen LogP contribution in [0.15, 0.2) is 36.4 Å². The normalized spacial score (nSPS) is 25.2. The number of rotatable bonds is 2. The zero-order chi connectivity index (χ0) is 15.0. The molecule has 1 N–H and O–H groups in total. The number of hydrogen-bond acceptors (Lipinski definition) is 3. The molecule has 2 atom stereocenters. The summed E-state index contributed by atoms with van der Waals surface area (Å²) in [6.45, 7) is 6.74. The number of carbonyl (C=O) groups is 1. The van der Waals surface area contributed by atoms with Crippen molar-refractivity contribution in [2.75, 3.05) is 6.54 Å². The Hall–Kier alpha value is -1.94. The van der Waals surface area contributed by atoms with Crippen molar-refractivity contribution in [3.63, 3.8) is 0 Å². The quantitative estimate of drug-likeness (QED) is 0.922. The summed E-state index contributed by atoms with van der Waals surface area (Å²) in [5.74, 6) is 0.0759. The number of aromatic nitrogens is 2. The van der Waals surface area contributed by atoms with Crippen molar-refractivity contribution >= 4 is 5.91 Å². The van der Waals surface area contributed by atoms with E-state index in [1.165, 1.54) is 0 Å². The summed E-state index contributed by atoms with van der Waals surface area (Å²) in [6, 6.07) is 12.2. The number of nitrogens with zero attached hydrogens (tertiary/aromatic N) is 2. The maximum Gasteiger partial charge on any atom is 0.254 e. The third-order valence-electron chi connectivity index (χ3n) is 4.45. The van der Waals surface area contributed by atoms with Crippen LogP contribution in [0.5, 0.6) is 0 Å². The maximum absolute atomic E-state index is 13.0. The molecular formula is C17H21N3O. The Morgan fingerprint density at radius 1 is 1.33 bits per heavy atom. The highest BCUT2D eigenvalue weighted by atomic mass is 16.2. The Bertz CT molecular complexity index is 662. The van der Waals surface area contributed by atoms with Crippen molar-refractivity contribution in [2.45, 2.75) is 33.2 Å². The van der Waals surface area contributed by atoms with Crippen molar-refractivity contribution in [3.8, 4) is 0 Å². The molecule has 1 aromatic heterocycles. The van der Waals surface area contributed by atoms with E-state index in [2.05, 4.69) is 22.5 Å². The van der Waals surface area contributed by atoms with Gasteiger partial charge in [-0.25, -0.2) is 4.68 Å². The summed E-state index contributed by atoms with van der Waals surface area (Å²) in [5, 5.41) is 7.85. The first kappa shape index (κ1) is 14.0. The third kappa shape index (κ3) is 2.29. The minimum Gasteiger partial charge on any atom is -0.309 e. The molecule has 0 amide bonds. The Kier molecular flexibility index (Phi) is 3.41. The first-order chi connectivity index (χ1) is 10.0. The molecule has 21 heavy (non-hydrogen) atoms. The van der Waals surface area contributed by atoms with Gasteiger partial charge in [-0.1, -0.05) is 30.3 Å². The molecule has 0 spiro atoms. The maximum atomic E-state index is 13.0. The van der Waals surface area contributed by atoms with Gasteiger partial charge < -0.3 is 5.32 Å². The zero-order valence-corrected chi connectivity index (χ0v) is 12.8. The van der Waals surface area contributed by atoms with Crippen LogP contribution < -0.4 is 5.32 Å². The van der Waals surface area contributed by atoms with Gasteiger partial charge in [-0.15, -0.1) is 0 Å². The number of benzene rings is 1. The molecule has 1 aromatic carbocycles. The molecule has 110 valence electrons. The lowest BCUT2D eigenvalue weighted by molar-refractivity contribution is 0.0677. The summed E-state index contributed by atoms with van der Waals surface area (Å²) in [6.07, 6.45) is 0.823. The molecule has 1 aliphatic rings. The lowest BCUT2D eigenvalue weighted by Gasteiger charge is -2.30. The second-order valence-corrected chi connectivity index (χ2v) is 6.11. The fraction of sp³-hybridized carbons (Fsp3) is 0.412. The van der Waals surface area contributed by atoms with Crippen LogP contribution in [0.4, 0.5) is 0 Å². The van der Waals surface area contributed by atoms with Gasteiger partial charge in [0, 0.05) is 11.7 Å². The molecule has 0 radical (unpaired) electrons. The number of aryl methyl sites for hydroxylation is 2. The van der Waals surface area contributed by atoms with E-state index in [9.17, 15) is 4.79 Å². The molecule has 0 bridgehead atoms. The predicted molar refractivity (Wildman–Crippen MR) is 82.2 cm³/mol. The highest BCUT2D eigenvalue weighted by molar-refractivity contribution is 5.86. The Morgan fingerprint density at radius 3 is 2.67 bits per heavy atom. The topological polar surface area (TPSA) is 46.9 Å². The molecule has 2 heterocycles. The summed E-state index contributed by atoms with van der Waals surface area (Å²) < 4.78 is 1.57. The van der Waals surface area contributed by atoms with Crippen LogP contribution in [0.25, 0.3) is 0 Å². The van der Waals surface area contributed by atoms with E-state index in [0.29, 0.717) is 0 Å². The molecular weight excluding hydrogens is 262 g/mol. The van der Waals surface area contributed by atoms with Crippen LogP contribution >= 0.6 is 0 Å². The first-order valence-corrected chi connectivity index (χ1v) is 7.39. The van der Waals surface area contributed by atoms with E-state index in [1.807, 2.05) is 45.0 Å². The van der Waals surface area contributed by atoms with Gasteiger partial charge in [-0.05, 0) is 45.4 Å². The van der Waals surface area contributed by atoms with E-state index < -0.39 is 5.41 Å². The Morgan fingerprint density at radius 2 is 2.05 bits per heavy atom. The molecule has 1 fully saturated rings. The molecule has 0 saturated carbocycles. The van der Waals surface area contributed by atoms with E-state index in [-0.39, 0.29) is 11.9 Å². The molecule has 1 saturated heterocycles. The minimum atomic E-state index is -0.468. The molecule has 0 aliphatic carbocycles. The number of hydrogen-bond donors (Lipinski definition) is 1. The van der Waals surface area contributed by atoms with E-state index >= 15 is 0 Å². The molecule has 4 heteroatoms. The van der Waals surface area contributed by atoms with Crippen molar-refractivity contribution in [3.05, 3.63) is 53.3 Å². The molecule has 4 nitrogen and oxygen atoms in total. The van der Waals surface area contributed by atoms with E-state index in [4.69, 9.17) is 0 Å². The zero-order valence-electron chi connectivity index (χ0n) is 12.8. The molecule has 1 aliphatic heterocycles. The highest BCUT2D eigenvalue weighted by Gasteiger charge is 2.46. The van der Waals surface area contributed by atoms with Crippen LogP contribution in [-0.4, -0.2) is 22.2 Å². The predicted octanol–water partition coefficient (Wildman–Crippen LogP) is 2.88. The van der Waals surface area contributed by atoms with E-state index in [0.717, 1.165) is 29.9 Å². The van der Waals surface area contributed by atoms with Gasteiger partial charge in [-0.2, -0.15) is 5.10 Å². The average molecular weight is 283 g/mol. The lowest BCUT2D eigenvalue weighted by atomic mass is 9.78. The first-order valence-electron chi connectivity index (χ1n) is 7.39. The number of carbonyl (C=O) groups excluding carboxylic acids is 1. The van der Waals surface area contributed by atoms with E-state index in [1.54, 1.807) is 4.68 Å². The molecule has 3 rings (SSSR count). The summed E-state index contributed by atoms with van der Waals surface area (Å²) >= 11 is 0. The highest BCUT2D eigenvalue weighted by Crippen LogP contribution is 2.42. The Labute approximate surface area is 125 Å². The summed E-state index contributed by atoms with van der Waals surface area (Å²) in [4.78, 5) is 13.0. The van der Waals surface area contributed by atoms with Crippen LogP contribution in [0.2, 0.25) is 0 Å². The van der Waals surface area contributed by atoms with Gasteiger partial charge in [0.15, 0.2) is 0 Å². The average Bonchev–Trinajstić information content (AvgIpc) is 3.02. The fourth-order valence-corrected chi connectivity index (χ4v) is 3.28.